The predicted octanol–water partition coefficient (Wildman–Crippen LogP) is 3.54. The molecule has 1 aromatic carbocycles. The van der Waals surface area contributed by atoms with E-state index in [1.54, 1.807) is 30.1 Å². The highest BCUT2D eigenvalue weighted by Crippen LogP contribution is 2.34. The van der Waals surface area contributed by atoms with Gasteiger partial charge in [-0.2, -0.15) is 0 Å². The molecule has 0 unspecified atom stereocenters. The lowest BCUT2D eigenvalue weighted by atomic mass is 9.97. The van der Waals surface area contributed by atoms with Gasteiger partial charge in [0.1, 0.15) is 10.6 Å². The predicted molar refractivity (Wildman–Crippen MR) is 107 cm³/mol. The highest BCUT2D eigenvalue weighted by molar-refractivity contribution is 7.18. The zero-order chi connectivity index (χ0) is 18.1. The van der Waals surface area contributed by atoms with Gasteiger partial charge in [0.25, 0.3) is 5.56 Å². The number of aryl methyl sites for hydroxylation is 2. The molecule has 0 spiro atoms. The van der Waals surface area contributed by atoms with Crippen LogP contribution >= 0.6 is 11.3 Å². The first-order chi connectivity index (χ1) is 12.7. The molecule has 4 rings (SSSR count). The van der Waals surface area contributed by atoms with E-state index >= 15 is 0 Å². The summed E-state index contributed by atoms with van der Waals surface area (Å²) in [6.07, 6.45) is 5.27. The molecule has 0 amide bonds. The van der Waals surface area contributed by atoms with Gasteiger partial charge in [0.05, 0.1) is 12.5 Å². The van der Waals surface area contributed by atoms with Crippen molar-refractivity contribution >= 4 is 27.5 Å². The standard InChI is InChI=1S/C20H23N3O2S/c1-23-19(24)17-14-8-4-6-10-16(14)26-18(17)22-20(23)21-12-11-13-7-3-5-9-15(13)25-2/h3,5,7,9H,4,6,8,10-12H2,1-2H3,(H,21,22). The lowest BCUT2D eigenvalue weighted by Crippen LogP contribution is -2.23. The van der Waals surface area contributed by atoms with Gasteiger partial charge in [0.15, 0.2) is 0 Å². The molecule has 5 nitrogen and oxygen atoms in total. The quantitative estimate of drug-likeness (QED) is 0.747. The van der Waals surface area contributed by atoms with E-state index in [9.17, 15) is 4.79 Å². The van der Waals surface area contributed by atoms with E-state index in [4.69, 9.17) is 9.72 Å². The number of fused-ring (bicyclic) bond motifs is 3. The van der Waals surface area contributed by atoms with Gasteiger partial charge in [-0.05, 0) is 49.3 Å². The molecule has 1 N–H and O–H groups in total. The summed E-state index contributed by atoms with van der Waals surface area (Å²) in [4.78, 5) is 19.9. The molecule has 6 heteroatoms. The van der Waals surface area contributed by atoms with Crippen molar-refractivity contribution in [2.45, 2.75) is 32.1 Å². The first-order valence-corrected chi connectivity index (χ1v) is 9.87. The van der Waals surface area contributed by atoms with Crippen LogP contribution in [0.25, 0.3) is 10.2 Å². The summed E-state index contributed by atoms with van der Waals surface area (Å²) in [6, 6.07) is 8.00. The Morgan fingerprint density at radius 1 is 1.27 bits per heavy atom. The summed E-state index contributed by atoms with van der Waals surface area (Å²) in [7, 11) is 3.48. The highest BCUT2D eigenvalue weighted by atomic mass is 32.1. The second kappa shape index (κ2) is 7.11. The number of anilines is 1. The van der Waals surface area contributed by atoms with E-state index in [1.165, 1.54) is 23.3 Å². The van der Waals surface area contributed by atoms with Crippen molar-refractivity contribution < 1.29 is 4.74 Å². The molecule has 0 bridgehead atoms. The minimum atomic E-state index is 0.0641. The Morgan fingerprint density at radius 2 is 2.08 bits per heavy atom. The number of nitrogens with one attached hydrogen (secondary N) is 1. The molecule has 0 saturated carbocycles. The number of para-hydroxylation sites is 1. The molecule has 0 radical (unpaired) electrons. The number of benzene rings is 1. The van der Waals surface area contributed by atoms with Crippen LogP contribution in [0.1, 0.15) is 28.8 Å². The van der Waals surface area contributed by atoms with Crippen LogP contribution in [-0.2, 0) is 26.3 Å². The smallest absolute Gasteiger partial charge is 0.263 e. The van der Waals surface area contributed by atoms with Crippen LogP contribution in [0.5, 0.6) is 5.75 Å². The first-order valence-electron chi connectivity index (χ1n) is 9.06. The fourth-order valence-electron chi connectivity index (χ4n) is 3.66. The number of hydrogen-bond donors (Lipinski definition) is 1. The molecule has 26 heavy (non-hydrogen) atoms. The highest BCUT2D eigenvalue weighted by Gasteiger charge is 2.21. The number of rotatable bonds is 5. The lowest BCUT2D eigenvalue weighted by molar-refractivity contribution is 0.410. The zero-order valence-corrected chi connectivity index (χ0v) is 16.0. The molecule has 136 valence electrons. The molecule has 3 aromatic rings. The molecule has 0 fully saturated rings. The summed E-state index contributed by atoms with van der Waals surface area (Å²) < 4.78 is 7.04. The summed E-state index contributed by atoms with van der Waals surface area (Å²) >= 11 is 1.69. The second-order valence-electron chi connectivity index (χ2n) is 6.68. The largest absolute Gasteiger partial charge is 0.496 e. The summed E-state index contributed by atoms with van der Waals surface area (Å²) in [5.74, 6) is 1.52. The Balaban J connectivity index is 1.59. The van der Waals surface area contributed by atoms with Gasteiger partial charge in [-0.25, -0.2) is 4.98 Å². The molecule has 1 aliphatic carbocycles. The molecule has 1 aliphatic rings. The van der Waals surface area contributed by atoms with E-state index in [1.807, 2.05) is 18.2 Å². The van der Waals surface area contributed by atoms with E-state index in [0.29, 0.717) is 12.5 Å². The average Bonchev–Trinajstić information content (AvgIpc) is 3.04. The molecule has 0 saturated heterocycles. The summed E-state index contributed by atoms with van der Waals surface area (Å²) in [5, 5.41) is 4.16. The number of ether oxygens (including phenoxy) is 1. The van der Waals surface area contributed by atoms with Gasteiger partial charge in [-0.3, -0.25) is 9.36 Å². The van der Waals surface area contributed by atoms with Gasteiger partial charge in [0.2, 0.25) is 5.95 Å². The first kappa shape index (κ1) is 17.1. The average molecular weight is 369 g/mol. The number of aromatic nitrogens is 2. The van der Waals surface area contributed by atoms with Crippen LogP contribution in [0.15, 0.2) is 29.1 Å². The van der Waals surface area contributed by atoms with Crippen molar-refractivity contribution in [3.63, 3.8) is 0 Å². The maximum absolute atomic E-state index is 12.9. The SMILES string of the molecule is COc1ccccc1CCNc1nc2sc3c(c2c(=O)n1C)CCCC3. The Kier molecular flexibility index (Phi) is 4.68. The maximum atomic E-state index is 12.9. The van der Waals surface area contributed by atoms with Crippen molar-refractivity contribution in [2.75, 3.05) is 19.0 Å². The van der Waals surface area contributed by atoms with Crippen molar-refractivity contribution in [3.05, 3.63) is 50.6 Å². The van der Waals surface area contributed by atoms with Crippen LogP contribution in [0.2, 0.25) is 0 Å². The summed E-state index contributed by atoms with van der Waals surface area (Å²) in [6.45, 7) is 0.692. The monoisotopic (exact) mass is 369 g/mol. The Labute approximate surface area is 156 Å². The number of hydrogen-bond acceptors (Lipinski definition) is 5. The third kappa shape index (κ3) is 2.98. The maximum Gasteiger partial charge on any atom is 0.263 e. The van der Waals surface area contributed by atoms with Gasteiger partial charge >= 0.3 is 0 Å². The second-order valence-corrected chi connectivity index (χ2v) is 7.76. The normalized spacial score (nSPS) is 13.6. The van der Waals surface area contributed by atoms with Gasteiger partial charge in [0, 0.05) is 18.5 Å². The Morgan fingerprint density at radius 3 is 2.92 bits per heavy atom. The van der Waals surface area contributed by atoms with Crippen molar-refractivity contribution in [1.29, 1.82) is 0 Å². The molecule has 2 heterocycles. The van der Waals surface area contributed by atoms with Gasteiger partial charge in [-0.15, -0.1) is 11.3 Å². The zero-order valence-electron chi connectivity index (χ0n) is 15.2. The fourth-order valence-corrected chi connectivity index (χ4v) is 4.91. The van der Waals surface area contributed by atoms with E-state index in [2.05, 4.69) is 11.4 Å². The number of nitrogens with zero attached hydrogens (tertiary/aromatic N) is 2. The van der Waals surface area contributed by atoms with Crippen LogP contribution < -0.4 is 15.6 Å². The minimum Gasteiger partial charge on any atom is -0.496 e. The van der Waals surface area contributed by atoms with Crippen LogP contribution in [0.4, 0.5) is 5.95 Å². The van der Waals surface area contributed by atoms with E-state index < -0.39 is 0 Å². The topological polar surface area (TPSA) is 56.1 Å². The van der Waals surface area contributed by atoms with Crippen LogP contribution in [0.3, 0.4) is 0 Å². The van der Waals surface area contributed by atoms with Gasteiger partial charge in [-0.1, -0.05) is 18.2 Å². The molecule has 2 aromatic heterocycles. The third-order valence-electron chi connectivity index (χ3n) is 5.07. The van der Waals surface area contributed by atoms with Crippen LogP contribution in [-0.4, -0.2) is 23.2 Å². The lowest BCUT2D eigenvalue weighted by Gasteiger charge is -2.12. The van der Waals surface area contributed by atoms with Gasteiger partial charge < -0.3 is 10.1 Å². The molecular weight excluding hydrogens is 346 g/mol. The fraction of sp³-hybridized carbons (Fsp3) is 0.400. The molecular formula is C20H23N3O2S. The molecule has 0 atom stereocenters. The summed E-state index contributed by atoms with van der Waals surface area (Å²) in [5.41, 5.74) is 2.44. The van der Waals surface area contributed by atoms with E-state index in [-0.39, 0.29) is 5.56 Å². The van der Waals surface area contributed by atoms with Crippen molar-refractivity contribution in [2.24, 2.45) is 7.05 Å². The Hall–Kier alpha value is -2.34. The van der Waals surface area contributed by atoms with Crippen molar-refractivity contribution in [1.82, 2.24) is 9.55 Å². The molecule has 0 aliphatic heterocycles. The number of methoxy groups -OCH3 is 1. The van der Waals surface area contributed by atoms with E-state index in [0.717, 1.165) is 40.8 Å². The Bertz CT molecular complexity index is 1010. The third-order valence-corrected chi connectivity index (χ3v) is 6.25. The minimum absolute atomic E-state index is 0.0641. The number of thiophene rings is 1. The van der Waals surface area contributed by atoms with Crippen molar-refractivity contribution in [3.8, 4) is 5.75 Å². The van der Waals surface area contributed by atoms with Crippen LogP contribution in [0, 0.1) is 0 Å².